The number of carbonyl (C=O) groups excluding carboxylic acids is 1. The van der Waals surface area contributed by atoms with Crippen LogP contribution in [0, 0.1) is 5.82 Å². The lowest BCUT2D eigenvalue weighted by atomic mass is 10.0. The van der Waals surface area contributed by atoms with E-state index in [4.69, 9.17) is 16.3 Å². The highest BCUT2D eigenvalue weighted by atomic mass is 79.9. The number of amides is 1. The van der Waals surface area contributed by atoms with Gasteiger partial charge in [0.15, 0.2) is 5.13 Å². The predicted octanol–water partition coefficient (Wildman–Crippen LogP) is 6.73. The molecule has 4 nitrogen and oxygen atoms in total. The van der Waals surface area contributed by atoms with Crippen molar-refractivity contribution in [3.8, 4) is 11.1 Å². The molecule has 3 aromatic rings. The lowest BCUT2D eigenvalue weighted by Crippen LogP contribution is -2.11. The molecule has 1 N–H and O–H groups in total. The van der Waals surface area contributed by atoms with Crippen LogP contribution in [-0.4, -0.2) is 11.1 Å². The summed E-state index contributed by atoms with van der Waals surface area (Å²) in [5.41, 5.74) is 1.90. The van der Waals surface area contributed by atoms with Gasteiger partial charge in [-0.3, -0.25) is 5.32 Å². The Morgan fingerprint density at radius 1 is 1.46 bits per heavy atom. The Balaban J connectivity index is 2.14. The van der Waals surface area contributed by atoms with Crippen LogP contribution in [0.4, 0.5) is 14.3 Å². The second kappa shape index (κ2) is 7.73. The molecule has 0 saturated heterocycles. The first kappa shape index (κ1) is 18.8. The molecule has 2 aromatic carbocycles. The van der Waals surface area contributed by atoms with Crippen LogP contribution in [-0.2, 0) is 10.1 Å². The highest BCUT2D eigenvalue weighted by molar-refractivity contribution is 9.08. The first-order valence-corrected chi connectivity index (χ1v) is 9.78. The predicted molar refractivity (Wildman–Crippen MR) is 108 cm³/mol. The molecule has 0 radical (unpaired) electrons. The number of thiazole rings is 1. The molecule has 0 atom stereocenters. The Morgan fingerprint density at radius 2 is 2.23 bits per heavy atom. The summed E-state index contributed by atoms with van der Waals surface area (Å²) >= 11 is 10.6. The minimum absolute atomic E-state index is 0.260. The van der Waals surface area contributed by atoms with Gasteiger partial charge in [-0.1, -0.05) is 57.6 Å². The number of fused-ring (bicyclic) bond motifs is 1. The van der Waals surface area contributed by atoms with Crippen LogP contribution in [0.5, 0.6) is 0 Å². The number of ether oxygens (including phenoxy) is 1. The van der Waals surface area contributed by atoms with Crippen LogP contribution in [0.1, 0.15) is 12.5 Å². The van der Waals surface area contributed by atoms with Crippen LogP contribution >= 0.6 is 38.9 Å². The smallest absolute Gasteiger partial charge is 0.416 e. The number of rotatable bonds is 4. The van der Waals surface area contributed by atoms with Crippen LogP contribution in [0.25, 0.3) is 21.3 Å². The molecule has 0 aliphatic heterocycles. The maximum absolute atomic E-state index is 15.0. The molecule has 0 aliphatic carbocycles. The Kier molecular flexibility index (Phi) is 5.60. The second-order valence-corrected chi connectivity index (χ2v) is 7.48. The molecule has 0 spiro atoms. The molecular formula is C18H13BrClFN2O2S. The van der Waals surface area contributed by atoms with Gasteiger partial charge in [-0.25, -0.2) is 14.2 Å². The summed E-state index contributed by atoms with van der Waals surface area (Å²) < 4.78 is 20.6. The van der Waals surface area contributed by atoms with Gasteiger partial charge >= 0.3 is 6.09 Å². The van der Waals surface area contributed by atoms with E-state index in [0.717, 1.165) is 4.70 Å². The third-order valence-corrected chi connectivity index (χ3v) is 5.19. The van der Waals surface area contributed by atoms with Crippen molar-refractivity contribution in [1.82, 2.24) is 4.98 Å². The van der Waals surface area contributed by atoms with E-state index in [9.17, 15) is 4.79 Å². The molecular weight excluding hydrogens is 443 g/mol. The Hall–Kier alpha value is -1.96. The number of anilines is 1. The van der Waals surface area contributed by atoms with E-state index in [1.807, 2.05) is 0 Å². The lowest BCUT2D eigenvalue weighted by Gasteiger charge is -2.08. The first-order chi connectivity index (χ1) is 12.4. The Labute approximate surface area is 166 Å². The molecule has 1 heterocycles. The molecule has 0 saturated carbocycles. The van der Waals surface area contributed by atoms with Crippen molar-refractivity contribution in [2.24, 2.45) is 0 Å². The fourth-order valence-corrected chi connectivity index (χ4v) is 3.95. The summed E-state index contributed by atoms with van der Waals surface area (Å²) in [4.78, 5) is 16.1. The molecule has 1 aromatic heterocycles. The van der Waals surface area contributed by atoms with Gasteiger partial charge in [-0.05, 0) is 30.7 Å². The van der Waals surface area contributed by atoms with Crippen molar-refractivity contribution in [3.05, 3.63) is 59.1 Å². The van der Waals surface area contributed by atoms with Crippen molar-refractivity contribution in [2.75, 3.05) is 5.32 Å². The largest absolute Gasteiger partial charge is 0.418 e. The van der Waals surface area contributed by atoms with Crippen molar-refractivity contribution >= 4 is 60.3 Å². The maximum atomic E-state index is 15.0. The topological polar surface area (TPSA) is 51.2 Å². The van der Waals surface area contributed by atoms with E-state index in [0.29, 0.717) is 37.7 Å². The minimum Gasteiger partial charge on any atom is -0.416 e. The monoisotopic (exact) mass is 454 g/mol. The molecule has 3 rings (SSSR count). The Bertz CT molecular complexity index is 1020. The fraction of sp³-hybridized carbons (Fsp3) is 0.111. The summed E-state index contributed by atoms with van der Waals surface area (Å²) in [5.74, 6) is -0.117. The van der Waals surface area contributed by atoms with Gasteiger partial charge in [0.2, 0.25) is 0 Å². The zero-order valence-corrected chi connectivity index (χ0v) is 16.8. The van der Waals surface area contributed by atoms with Crippen molar-refractivity contribution in [3.63, 3.8) is 0 Å². The van der Waals surface area contributed by atoms with E-state index in [1.165, 1.54) is 11.3 Å². The third kappa shape index (κ3) is 3.90. The highest BCUT2D eigenvalue weighted by Crippen LogP contribution is 2.38. The minimum atomic E-state index is -0.693. The standard InChI is InChI=1S/C18H13BrClFN2O2S/c1-9(2)25-18(24)23-17-22-16-13(26-17)7-11(8-19)15(21)14(16)10-4-3-5-12(20)6-10/h3-7H,1,8H2,2H3,(H,22,23,24). The van der Waals surface area contributed by atoms with Gasteiger partial charge in [0.1, 0.15) is 5.82 Å². The van der Waals surface area contributed by atoms with E-state index in [-0.39, 0.29) is 11.6 Å². The molecule has 8 heteroatoms. The van der Waals surface area contributed by atoms with Crippen LogP contribution in [0.15, 0.2) is 42.7 Å². The van der Waals surface area contributed by atoms with Gasteiger partial charge in [0.25, 0.3) is 0 Å². The molecule has 134 valence electrons. The fourth-order valence-electron chi connectivity index (χ4n) is 2.42. The zero-order chi connectivity index (χ0) is 18.8. The van der Waals surface area contributed by atoms with Gasteiger partial charge in [0, 0.05) is 21.5 Å². The van der Waals surface area contributed by atoms with E-state index < -0.39 is 6.09 Å². The number of halogens is 3. The number of alkyl halides is 1. The quantitative estimate of drug-likeness (QED) is 0.350. The second-order valence-electron chi connectivity index (χ2n) is 5.45. The number of nitrogens with zero attached hydrogens (tertiary/aromatic N) is 1. The summed E-state index contributed by atoms with van der Waals surface area (Å²) in [5, 5.41) is 3.69. The summed E-state index contributed by atoms with van der Waals surface area (Å²) in [6.45, 7) is 5.07. The van der Waals surface area contributed by atoms with Crippen LogP contribution in [0.2, 0.25) is 5.02 Å². The molecule has 1 amide bonds. The van der Waals surface area contributed by atoms with Gasteiger partial charge in [0.05, 0.1) is 16.0 Å². The molecule has 26 heavy (non-hydrogen) atoms. The number of benzene rings is 2. The molecule has 0 fully saturated rings. The van der Waals surface area contributed by atoms with Gasteiger partial charge in [-0.2, -0.15) is 0 Å². The average molecular weight is 456 g/mol. The number of carbonyl (C=O) groups is 1. The van der Waals surface area contributed by atoms with Gasteiger partial charge in [-0.15, -0.1) is 0 Å². The van der Waals surface area contributed by atoms with Crippen LogP contribution in [0.3, 0.4) is 0 Å². The number of hydrogen-bond acceptors (Lipinski definition) is 4. The zero-order valence-electron chi connectivity index (χ0n) is 13.6. The Morgan fingerprint density at radius 3 is 2.88 bits per heavy atom. The number of hydrogen-bond donors (Lipinski definition) is 1. The SMILES string of the molecule is C=C(C)OC(=O)Nc1nc2c(-c3cccc(Cl)c3)c(F)c(CBr)cc2s1. The van der Waals surface area contributed by atoms with Crippen molar-refractivity contribution < 1.29 is 13.9 Å². The summed E-state index contributed by atoms with van der Waals surface area (Å²) in [6.07, 6.45) is -0.693. The number of allylic oxidation sites excluding steroid dienone is 1. The van der Waals surface area contributed by atoms with Crippen molar-refractivity contribution in [2.45, 2.75) is 12.3 Å². The van der Waals surface area contributed by atoms with Crippen molar-refractivity contribution in [1.29, 1.82) is 0 Å². The number of aromatic nitrogens is 1. The normalized spacial score (nSPS) is 10.8. The van der Waals surface area contributed by atoms with Crippen LogP contribution < -0.4 is 5.32 Å². The van der Waals surface area contributed by atoms with E-state index >= 15 is 4.39 Å². The average Bonchev–Trinajstić information content (AvgIpc) is 2.94. The molecule has 0 bridgehead atoms. The van der Waals surface area contributed by atoms with Gasteiger partial charge < -0.3 is 4.74 Å². The maximum Gasteiger partial charge on any atom is 0.418 e. The lowest BCUT2D eigenvalue weighted by molar-refractivity contribution is 0.192. The van der Waals surface area contributed by atoms with E-state index in [1.54, 1.807) is 37.3 Å². The number of nitrogens with one attached hydrogen (secondary N) is 1. The third-order valence-electron chi connectivity index (χ3n) is 3.43. The summed E-state index contributed by atoms with van der Waals surface area (Å²) in [7, 11) is 0. The molecule has 0 aliphatic rings. The first-order valence-electron chi connectivity index (χ1n) is 7.47. The highest BCUT2D eigenvalue weighted by Gasteiger charge is 2.19. The van der Waals surface area contributed by atoms with E-state index in [2.05, 4.69) is 32.8 Å². The summed E-state index contributed by atoms with van der Waals surface area (Å²) in [6, 6.07) is 8.62. The molecule has 0 unspecified atom stereocenters.